The summed E-state index contributed by atoms with van der Waals surface area (Å²) in [5, 5.41) is 3.44. The van der Waals surface area contributed by atoms with E-state index >= 15 is 0 Å². The molecule has 182 valence electrons. The van der Waals surface area contributed by atoms with Gasteiger partial charge in [0.25, 0.3) is 0 Å². The Morgan fingerprint density at radius 2 is 2.00 bits per heavy atom. The molecule has 2 N–H and O–H groups in total. The molecular weight excluding hydrogens is 442 g/mol. The second-order valence-corrected chi connectivity index (χ2v) is 12.3. The number of aromatic nitrogens is 1. The van der Waals surface area contributed by atoms with Crippen LogP contribution in [0.15, 0.2) is 30.3 Å². The Balaban J connectivity index is 1.30. The van der Waals surface area contributed by atoms with E-state index in [0.29, 0.717) is 37.0 Å². The summed E-state index contributed by atoms with van der Waals surface area (Å²) in [5.41, 5.74) is 2.32. The molecule has 4 aliphatic rings. The van der Waals surface area contributed by atoms with Crippen LogP contribution in [-0.2, 0) is 21.6 Å². The fourth-order valence-electron chi connectivity index (χ4n) is 7.44. The van der Waals surface area contributed by atoms with Gasteiger partial charge in [0.15, 0.2) is 0 Å². The molecule has 1 spiro atoms. The number of thiazole rings is 1. The molecule has 1 aromatic heterocycles. The molecule has 4 heterocycles. The van der Waals surface area contributed by atoms with E-state index in [1.165, 1.54) is 42.5 Å². The van der Waals surface area contributed by atoms with Crippen LogP contribution in [0.5, 0.6) is 0 Å². The first-order valence-corrected chi connectivity index (χ1v) is 14.2. The number of likely N-dealkylation sites (tertiary alicyclic amines) is 1. The third-order valence-electron chi connectivity index (χ3n) is 9.12. The molecule has 2 saturated heterocycles. The van der Waals surface area contributed by atoms with Crippen molar-refractivity contribution >= 4 is 17.2 Å². The van der Waals surface area contributed by atoms with Gasteiger partial charge in [0, 0.05) is 17.5 Å². The van der Waals surface area contributed by atoms with Gasteiger partial charge in [-0.05, 0) is 50.0 Å². The van der Waals surface area contributed by atoms with Gasteiger partial charge in [0.05, 0.1) is 42.4 Å². The molecule has 1 amide bonds. The molecule has 1 saturated carbocycles. The zero-order valence-electron chi connectivity index (χ0n) is 20.4. The van der Waals surface area contributed by atoms with Crippen molar-refractivity contribution in [2.75, 3.05) is 26.2 Å². The van der Waals surface area contributed by atoms with Gasteiger partial charge in [-0.3, -0.25) is 4.79 Å². The van der Waals surface area contributed by atoms with Crippen LogP contribution in [0.4, 0.5) is 0 Å². The first kappa shape index (κ1) is 22.7. The zero-order valence-corrected chi connectivity index (χ0v) is 21.2. The number of carbonyl (C=O) groups excluding carboxylic acids is 1. The number of amides is 1. The third kappa shape index (κ3) is 3.92. The number of hydrogen-bond acceptors (Lipinski definition) is 4. The van der Waals surface area contributed by atoms with Gasteiger partial charge in [0.1, 0.15) is 5.92 Å². The van der Waals surface area contributed by atoms with Gasteiger partial charge in [0.2, 0.25) is 5.91 Å². The summed E-state index contributed by atoms with van der Waals surface area (Å²) >= 11 is 1.80. The summed E-state index contributed by atoms with van der Waals surface area (Å²) in [6.07, 6.45) is 8.73. The number of rotatable bonds is 3. The Bertz CT molecular complexity index is 1020. The molecule has 6 rings (SSSR count). The highest BCUT2D eigenvalue weighted by atomic mass is 32.1. The minimum Gasteiger partial charge on any atom is -0.374 e. The van der Waals surface area contributed by atoms with Gasteiger partial charge in [-0.1, -0.05) is 49.6 Å². The summed E-state index contributed by atoms with van der Waals surface area (Å²) in [4.78, 5) is 22.9. The minimum atomic E-state index is -0.204. The molecule has 1 aliphatic carbocycles. The number of quaternary nitrogens is 1. The lowest BCUT2D eigenvalue weighted by molar-refractivity contribution is -0.640. The fraction of sp³-hybridized carbons (Fsp3) is 0.643. The first-order valence-electron chi connectivity index (χ1n) is 13.4. The van der Waals surface area contributed by atoms with E-state index in [1.807, 2.05) is 0 Å². The standard InChI is InChI=1S/C28H37N3O2S/c1-19-30-24-16-33-18-28(26(24)34-19)17-29-15-23(28)27(32)31-13-12-22(20-8-4-2-5-9-20)14-25(31)21-10-6-3-7-11-21/h2,4-5,8-9,21-23,25,29H,3,6-7,10-18H2,1H3/p+1/t22-,23?,25+,28+/m1/s1. The third-order valence-corrected chi connectivity index (χ3v) is 10.4. The highest BCUT2D eigenvalue weighted by Crippen LogP contribution is 2.45. The maximum Gasteiger partial charge on any atom is 0.232 e. The second-order valence-electron chi connectivity index (χ2n) is 11.1. The predicted molar refractivity (Wildman–Crippen MR) is 134 cm³/mol. The first-order chi connectivity index (χ1) is 16.7. The molecule has 3 aliphatic heterocycles. The lowest BCUT2D eigenvalue weighted by Gasteiger charge is -2.47. The van der Waals surface area contributed by atoms with E-state index < -0.39 is 0 Å². The predicted octanol–water partition coefficient (Wildman–Crippen LogP) is 3.77. The van der Waals surface area contributed by atoms with Crippen molar-refractivity contribution in [3.8, 4) is 0 Å². The normalized spacial score (nSPS) is 32.1. The Hall–Kier alpha value is -1.76. The van der Waals surface area contributed by atoms with Crippen molar-refractivity contribution < 1.29 is 14.8 Å². The Labute approximate surface area is 207 Å². The van der Waals surface area contributed by atoms with Crippen molar-refractivity contribution in [1.29, 1.82) is 0 Å². The molecule has 5 nitrogen and oxygen atoms in total. The zero-order chi connectivity index (χ0) is 23.1. The van der Waals surface area contributed by atoms with Crippen LogP contribution in [-0.4, -0.2) is 48.1 Å². The number of carbonyl (C=O) groups is 1. The van der Waals surface area contributed by atoms with Crippen LogP contribution < -0.4 is 5.32 Å². The van der Waals surface area contributed by atoms with Crippen molar-refractivity contribution in [2.45, 2.75) is 75.9 Å². The second kappa shape index (κ2) is 9.36. The van der Waals surface area contributed by atoms with Gasteiger partial charge < -0.3 is 15.0 Å². The van der Waals surface area contributed by atoms with Crippen LogP contribution in [0.3, 0.4) is 0 Å². The van der Waals surface area contributed by atoms with Crippen molar-refractivity contribution in [1.82, 2.24) is 9.88 Å². The monoisotopic (exact) mass is 480 g/mol. The highest BCUT2D eigenvalue weighted by Gasteiger charge is 2.57. The number of hydrogen-bond donors (Lipinski definition) is 1. The molecule has 1 unspecified atom stereocenters. The molecule has 1 aromatic carbocycles. The quantitative estimate of drug-likeness (QED) is 0.728. The average molecular weight is 481 g/mol. The Morgan fingerprint density at radius 1 is 1.18 bits per heavy atom. The smallest absolute Gasteiger partial charge is 0.232 e. The fourth-order valence-corrected chi connectivity index (χ4v) is 8.60. The lowest BCUT2D eigenvalue weighted by Crippen LogP contribution is -2.82. The van der Waals surface area contributed by atoms with Crippen LogP contribution in [0.2, 0.25) is 0 Å². The van der Waals surface area contributed by atoms with Gasteiger partial charge >= 0.3 is 0 Å². The minimum absolute atomic E-state index is 0.00855. The van der Waals surface area contributed by atoms with Gasteiger partial charge in [-0.25, -0.2) is 4.98 Å². The van der Waals surface area contributed by atoms with E-state index in [4.69, 9.17) is 9.72 Å². The molecule has 4 atom stereocenters. The van der Waals surface area contributed by atoms with E-state index in [2.05, 4.69) is 47.5 Å². The molecular formula is C28H38N3O2S+. The molecule has 0 bridgehead atoms. The maximum atomic E-state index is 14.4. The Kier molecular flexibility index (Phi) is 6.25. The molecule has 6 heteroatoms. The largest absolute Gasteiger partial charge is 0.374 e. The van der Waals surface area contributed by atoms with Gasteiger partial charge in [-0.2, -0.15) is 0 Å². The molecule has 0 radical (unpaired) electrons. The summed E-state index contributed by atoms with van der Waals surface area (Å²) in [5.74, 6) is 1.59. The van der Waals surface area contributed by atoms with Crippen molar-refractivity contribution in [2.24, 2.45) is 11.8 Å². The topological polar surface area (TPSA) is 59.0 Å². The number of piperidine rings is 1. The van der Waals surface area contributed by atoms with Crippen LogP contribution >= 0.6 is 11.3 Å². The van der Waals surface area contributed by atoms with Crippen LogP contribution in [0, 0.1) is 18.8 Å². The number of aryl methyl sites for hydroxylation is 1. The maximum absolute atomic E-state index is 14.4. The summed E-state index contributed by atoms with van der Waals surface area (Å²) < 4.78 is 6.09. The Morgan fingerprint density at radius 3 is 2.82 bits per heavy atom. The van der Waals surface area contributed by atoms with E-state index in [1.54, 1.807) is 11.3 Å². The number of ether oxygens (including phenoxy) is 1. The molecule has 2 aromatic rings. The van der Waals surface area contributed by atoms with Crippen LogP contribution in [0.25, 0.3) is 0 Å². The van der Waals surface area contributed by atoms with Crippen molar-refractivity contribution in [3.05, 3.63) is 51.5 Å². The van der Waals surface area contributed by atoms with E-state index in [-0.39, 0.29) is 11.3 Å². The molecule has 3 fully saturated rings. The van der Waals surface area contributed by atoms with Crippen molar-refractivity contribution in [3.63, 3.8) is 0 Å². The summed E-state index contributed by atoms with van der Waals surface area (Å²) in [6.45, 7) is 6.03. The number of benzene rings is 1. The highest BCUT2D eigenvalue weighted by molar-refractivity contribution is 7.11. The van der Waals surface area contributed by atoms with Crippen LogP contribution in [0.1, 0.15) is 72.0 Å². The average Bonchev–Trinajstić information content (AvgIpc) is 3.48. The molecule has 34 heavy (non-hydrogen) atoms. The van der Waals surface area contributed by atoms with E-state index in [9.17, 15) is 4.79 Å². The number of fused-ring (bicyclic) bond motifs is 2. The SMILES string of the molecule is Cc1nc2c(s1)[C@@]1(C[NH2+]CC1C(=O)N1CC[C@@H](c3ccccc3)C[C@H]1C1CCCCC1)COC2. The summed E-state index contributed by atoms with van der Waals surface area (Å²) in [6, 6.07) is 11.4. The summed E-state index contributed by atoms with van der Waals surface area (Å²) in [7, 11) is 0. The number of nitrogens with zero attached hydrogens (tertiary/aromatic N) is 2. The lowest BCUT2D eigenvalue weighted by atomic mass is 9.72. The van der Waals surface area contributed by atoms with E-state index in [0.717, 1.165) is 43.2 Å². The van der Waals surface area contributed by atoms with Gasteiger partial charge in [-0.15, -0.1) is 11.3 Å². The number of nitrogens with two attached hydrogens (primary N) is 1.